The second-order valence-corrected chi connectivity index (χ2v) is 12.5. The molecule has 1 saturated heterocycles. The molecule has 0 radical (unpaired) electrons. The number of oxazole rings is 1. The van der Waals surface area contributed by atoms with Gasteiger partial charge in [-0.1, -0.05) is 12.1 Å². The van der Waals surface area contributed by atoms with Crippen LogP contribution < -0.4 is 14.4 Å². The quantitative estimate of drug-likeness (QED) is 0.238. The topological polar surface area (TPSA) is 159 Å². The standard InChI is InChI=1S/C31H29FN8O5S/c1-46(42,43)37-31(41)22-7-8-25-26(16-22)40(19-30-34-9-14-44-30)28(35-25)18-38-10-12-39(13-11-38)27-3-2-4-29(36-27)45-20-23-6-5-21(17-33)15-24(23)32/h2-9,14-16H,10-13,18-20H2,1H3,(H,37,41). The Bertz CT molecular complexity index is 2030. The van der Waals surface area contributed by atoms with Crippen LogP contribution in [0.3, 0.4) is 0 Å². The van der Waals surface area contributed by atoms with E-state index < -0.39 is 21.7 Å². The third kappa shape index (κ3) is 7.14. The molecule has 0 saturated carbocycles. The van der Waals surface area contributed by atoms with Gasteiger partial charge < -0.3 is 18.6 Å². The van der Waals surface area contributed by atoms with E-state index in [-0.39, 0.29) is 24.3 Å². The van der Waals surface area contributed by atoms with Crippen LogP contribution in [0.25, 0.3) is 11.0 Å². The van der Waals surface area contributed by atoms with Crippen LogP contribution >= 0.6 is 0 Å². The Morgan fingerprint density at radius 1 is 1.09 bits per heavy atom. The Labute approximate surface area is 263 Å². The molecule has 46 heavy (non-hydrogen) atoms. The Kier molecular flexibility index (Phi) is 8.64. The van der Waals surface area contributed by atoms with Gasteiger partial charge in [-0.3, -0.25) is 9.69 Å². The SMILES string of the molecule is CS(=O)(=O)NC(=O)c1ccc2nc(CN3CCN(c4cccc(OCc5ccc(C#N)cc5F)n4)CC3)n(Cc3ncco3)c2c1. The lowest BCUT2D eigenvalue weighted by atomic mass is 10.1. The zero-order valence-electron chi connectivity index (χ0n) is 24.8. The predicted octanol–water partition coefficient (Wildman–Crippen LogP) is 3.07. The van der Waals surface area contributed by atoms with Gasteiger partial charge >= 0.3 is 0 Å². The number of fused-ring (bicyclic) bond motifs is 1. The molecule has 0 unspecified atom stereocenters. The molecule has 13 nitrogen and oxygen atoms in total. The molecule has 1 aliphatic rings. The minimum absolute atomic E-state index is 0.0137. The van der Waals surface area contributed by atoms with Gasteiger partial charge in [0.1, 0.15) is 36.9 Å². The van der Waals surface area contributed by atoms with Gasteiger partial charge in [0.2, 0.25) is 21.8 Å². The molecule has 0 atom stereocenters. The summed E-state index contributed by atoms with van der Waals surface area (Å²) in [5.74, 6) is 1.09. The maximum absolute atomic E-state index is 14.3. The minimum Gasteiger partial charge on any atom is -0.473 e. The number of nitrogens with zero attached hydrogens (tertiary/aromatic N) is 7. The van der Waals surface area contributed by atoms with Crippen molar-refractivity contribution in [1.82, 2.24) is 29.1 Å². The molecule has 0 aliphatic carbocycles. The summed E-state index contributed by atoms with van der Waals surface area (Å²) >= 11 is 0. The van der Waals surface area contributed by atoms with Crippen molar-refractivity contribution in [3.05, 3.63) is 101 Å². The second kappa shape index (κ2) is 13.0. The van der Waals surface area contributed by atoms with Gasteiger partial charge in [0.15, 0.2) is 0 Å². The molecule has 4 heterocycles. The van der Waals surface area contributed by atoms with Gasteiger partial charge in [0, 0.05) is 43.4 Å². The van der Waals surface area contributed by atoms with Crippen molar-refractivity contribution in [3.63, 3.8) is 0 Å². The molecule has 15 heteroatoms. The molecule has 3 aromatic heterocycles. The molecular formula is C31H29FN8O5S. The normalized spacial score (nSPS) is 13.9. The van der Waals surface area contributed by atoms with Crippen LogP contribution in [0.5, 0.6) is 5.88 Å². The third-order valence-electron chi connectivity index (χ3n) is 7.47. The fourth-order valence-corrected chi connectivity index (χ4v) is 5.64. The van der Waals surface area contributed by atoms with Crippen molar-refractivity contribution in [3.8, 4) is 11.9 Å². The Morgan fingerprint density at radius 3 is 2.63 bits per heavy atom. The number of piperazine rings is 1. The van der Waals surface area contributed by atoms with E-state index >= 15 is 0 Å². The molecule has 1 amide bonds. The number of amides is 1. The highest BCUT2D eigenvalue weighted by Crippen LogP contribution is 2.23. The highest BCUT2D eigenvalue weighted by molar-refractivity contribution is 7.89. The second-order valence-electron chi connectivity index (χ2n) is 10.8. The molecule has 236 valence electrons. The van der Waals surface area contributed by atoms with Crippen LogP contribution in [0.4, 0.5) is 10.2 Å². The average molecular weight is 645 g/mol. The van der Waals surface area contributed by atoms with Crippen molar-refractivity contribution < 1.29 is 26.8 Å². The third-order valence-corrected chi connectivity index (χ3v) is 8.03. The first-order valence-electron chi connectivity index (χ1n) is 14.3. The summed E-state index contributed by atoms with van der Waals surface area (Å²) in [4.78, 5) is 30.7. The number of rotatable bonds is 10. The number of sulfonamides is 1. The smallest absolute Gasteiger partial charge is 0.264 e. The van der Waals surface area contributed by atoms with Gasteiger partial charge in [-0.05, 0) is 36.4 Å². The molecule has 5 aromatic rings. The molecule has 0 bridgehead atoms. The Hall–Kier alpha value is -5.33. The van der Waals surface area contributed by atoms with Crippen LogP contribution in [-0.2, 0) is 29.7 Å². The summed E-state index contributed by atoms with van der Waals surface area (Å²) in [5.41, 5.74) is 2.07. The maximum Gasteiger partial charge on any atom is 0.264 e. The van der Waals surface area contributed by atoms with E-state index in [2.05, 4.69) is 19.8 Å². The highest BCUT2D eigenvalue weighted by atomic mass is 32.2. The first-order chi connectivity index (χ1) is 22.1. The number of nitrogens with one attached hydrogen (secondary N) is 1. The summed E-state index contributed by atoms with van der Waals surface area (Å²) in [7, 11) is -3.73. The zero-order valence-corrected chi connectivity index (χ0v) is 25.6. The number of nitriles is 1. The van der Waals surface area contributed by atoms with Crippen LogP contribution in [0.15, 0.2) is 71.5 Å². The molecule has 6 rings (SSSR count). The molecule has 0 spiro atoms. The number of hydrogen-bond donors (Lipinski definition) is 1. The molecular weight excluding hydrogens is 615 g/mol. The van der Waals surface area contributed by atoms with Crippen molar-refractivity contribution in [1.29, 1.82) is 5.26 Å². The number of aromatic nitrogens is 4. The van der Waals surface area contributed by atoms with E-state index in [1.165, 1.54) is 18.4 Å². The summed E-state index contributed by atoms with van der Waals surface area (Å²) < 4.78 is 52.7. The first-order valence-corrected chi connectivity index (χ1v) is 16.2. The summed E-state index contributed by atoms with van der Waals surface area (Å²) in [6.45, 7) is 3.59. The number of hydrogen-bond acceptors (Lipinski definition) is 11. The van der Waals surface area contributed by atoms with Gasteiger partial charge in [0.05, 0.1) is 41.7 Å². The van der Waals surface area contributed by atoms with Crippen LogP contribution in [0.1, 0.15) is 33.2 Å². The zero-order chi connectivity index (χ0) is 32.3. The Morgan fingerprint density at radius 2 is 1.91 bits per heavy atom. The van der Waals surface area contributed by atoms with Gasteiger partial charge in [-0.2, -0.15) is 10.2 Å². The summed E-state index contributed by atoms with van der Waals surface area (Å²) in [5, 5.41) is 8.95. The van der Waals surface area contributed by atoms with Crippen LogP contribution in [0.2, 0.25) is 0 Å². The number of anilines is 1. The lowest BCUT2D eigenvalue weighted by Gasteiger charge is -2.35. The monoisotopic (exact) mass is 644 g/mol. The van der Waals surface area contributed by atoms with Crippen molar-refractivity contribution >= 4 is 32.8 Å². The lowest BCUT2D eigenvalue weighted by Crippen LogP contribution is -2.46. The Balaban J connectivity index is 1.14. The average Bonchev–Trinajstić information content (AvgIpc) is 3.68. The number of pyridine rings is 1. The molecule has 2 aromatic carbocycles. The summed E-state index contributed by atoms with van der Waals surface area (Å²) in [6.07, 6.45) is 3.96. The molecule has 1 aliphatic heterocycles. The van der Waals surface area contributed by atoms with Crippen LogP contribution in [-0.4, -0.2) is 71.2 Å². The van der Waals surface area contributed by atoms with Crippen LogP contribution in [0, 0.1) is 17.1 Å². The van der Waals surface area contributed by atoms with E-state index in [4.69, 9.17) is 19.4 Å². The summed E-state index contributed by atoms with van der Waals surface area (Å²) in [6, 6.07) is 16.5. The number of ether oxygens (including phenoxy) is 1. The number of carbonyl (C=O) groups excluding carboxylic acids is 1. The first kappa shape index (κ1) is 30.7. The van der Waals surface area contributed by atoms with E-state index in [0.717, 1.165) is 17.9 Å². The fraction of sp³-hybridized carbons (Fsp3) is 0.258. The van der Waals surface area contributed by atoms with Gasteiger partial charge in [0.25, 0.3) is 5.91 Å². The van der Waals surface area contributed by atoms with Gasteiger partial charge in [-0.25, -0.2) is 27.5 Å². The largest absolute Gasteiger partial charge is 0.473 e. The van der Waals surface area contributed by atoms with Crippen molar-refractivity contribution in [2.24, 2.45) is 0 Å². The number of benzene rings is 2. The number of halogens is 1. The van der Waals surface area contributed by atoms with E-state index in [1.807, 2.05) is 27.5 Å². The number of imidazole rings is 1. The van der Waals surface area contributed by atoms with E-state index in [1.54, 1.807) is 36.5 Å². The van der Waals surface area contributed by atoms with E-state index in [9.17, 15) is 17.6 Å². The lowest BCUT2D eigenvalue weighted by molar-refractivity contribution is 0.0981. The number of carbonyl (C=O) groups is 1. The van der Waals surface area contributed by atoms with E-state index in [0.29, 0.717) is 61.1 Å². The molecule has 1 fully saturated rings. The maximum atomic E-state index is 14.3. The fourth-order valence-electron chi connectivity index (χ4n) is 5.19. The highest BCUT2D eigenvalue weighted by Gasteiger charge is 2.23. The van der Waals surface area contributed by atoms with Gasteiger partial charge in [-0.15, -0.1) is 0 Å². The van der Waals surface area contributed by atoms with Crippen molar-refractivity contribution in [2.75, 3.05) is 37.3 Å². The van der Waals surface area contributed by atoms with Crippen molar-refractivity contribution in [2.45, 2.75) is 19.7 Å². The minimum atomic E-state index is -3.73. The predicted molar refractivity (Wildman–Crippen MR) is 165 cm³/mol. The molecule has 1 N–H and O–H groups in total.